The summed E-state index contributed by atoms with van der Waals surface area (Å²) in [5.74, 6) is 0. The molecule has 0 amide bonds. The topological polar surface area (TPSA) is 102 Å². The van der Waals surface area contributed by atoms with E-state index < -0.39 is 10.0 Å². The van der Waals surface area contributed by atoms with Crippen molar-refractivity contribution in [1.29, 1.82) is 0 Å². The van der Waals surface area contributed by atoms with E-state index in [1.807, 2.05) is 36.5 Å². The molecule has 0 unspecified atom stereocenters. The summed E-state index contributed by atoms with van der Waals surface area (Å²) < 4.78 is 24.3. The molecule has 2 aromatic heterocycles. The van der Waals surface area contributed by atoms with Crippen LogP contribution in [-0.2, 0) is 16.6 Å². The van der Waals surface area contributed by atoms with E-state index in [0.29, 0.717) is 6.54 Å². The van der Waals surface area contributed by atoms with Crippen molar-refractivity contribution in [2.45, 2.75) is 11.4 Å². The molecule has 0 atom stereocenters. The number of aromatic nitrogens is 3. The molecule has 132 valence electrons. The second-order valence-electron chi connectivity index (χ2n) is 5.67. The van der Waals surface area contributed by atoms with Gasteiger partial charge in [-0.3, -0.25) is 0 Å². The maximum atomic E-state index is 11.3. The zero-order chi connectivity index (χ0) is 18.1. The van der Waals surface area contributed by atoms with Crippen LogP contribution in [0.3, 0.4) is 0 Å². The van der Waals surface area contributed by atoms with E-state index in [1.165, 1.54) is 23.5 Å². The van der Waals surface area contributed by atoms with Crippen LogP contribution in [0.2, 0.25) is 0 Å². The summed E-state index contributed by atoms with van der Waals surface area (Å²) in [6.07, 6.45) is 1.90. The second-order valence-corrected chi connectivity index (χ2v) is 8.19. The molecular formula is C17H15N5O2S2. The van der Waals surface area contributed by atoms with E-state index in [2.05, 4.69) is 15.4 Å². The summed E-state index contributed by atoms with van der Waals surface area (Å²) in [7, 11) is -3.67. The zero-order valence-electron chi connectivity index (χ0n) is 13.5. The second kappa shape index (κ2) is 6.52. The van der Waals surface area contributed by atoms with Crippen molar-refractivity contribution < 1.29 is 8.42 Å². The van der Waals surface area contributed by atoms with Gasteiger partial charge in [-0.25, -0.2) is 23.1 Å². The highest BCUT2D eigenvalue weighted by Gasteiger charge is 2.10. The molecular weight excluding hydrogens is 370 g/mol. The average Bonchev–Trinajstić information content (AvgIpc) is 3.19. The molecule has 0 saturated carbocycles. The number of nitrogens with one attached hydrogen (secondary N) is 1. The number of anilines is 1. The molecule has 4 rings (SSSR count). The lowest BCUT2D eigenvalue weighted by Gasteiger charge is -2.03. The first-order chi connectivity index (χ1) is 12.5. The molecule has 3 N–H and O–H groups in total. The van der Waals surface area contributed by atoms with Gasteiger partial charge in [-0.05, 0) is 17.7 Å². The summed E-state index contributed by atoms with van der Waals surface area (Å²) in [5, 5.41) is 13.5. The third kappa shape index (κ3) is 3.45. The number of nitrogens with zero attached hydrogens (tertiary/aromatic N) is 3. The summed E-state index contributed by atoms with van der Waals surface area (Å²) in [6.45, 7) is 0.521. The number of benzene rings is 2. The minimum atomic E-state index is -3.67. The lowest BCUT2D eigenvalue weighted by atomic mass is 10.2. The van der Waals surface area contributed by atoms with Crippen LogP contribution in [0.5, 0.6) is 0 Å². The van der Waals surface area contributed by atoms with Gasteiger partial charge in [0.25, 0.3) is 0 Å². The van der Waals surface area contributed by atoms with Crippen LogP contribution in [0, 0.1) is 0 Å². The summed E-state index contributed by atoms with van der Waals surface area (Å²) >= 11 is 1.45. The number of imidazole rings is 1. The normalized spacial score (nSPS) is 11.7. The summed E-state index contributed by atoms with van der Waals surface area (Å²) in [4.78, 5) is 5.50. The molecule has 0 aliphatic heterocycles. The van der Waals surface area contributed by atoms with Crippen LogP contribution in [0.15, 0.2) is 65.7 Å². The number of nitrogens with two attached hydrogens (primary N) is 1. The van der Waals surface area contributed by atoms with Crippen molar-refractivity contribution in [1.82, 2.24) is 14.6 Å². The summed E-state index contributed by atoms with van der Waals surface area (Å²) in [6, 6.07) is 16.4. The van der Waals surface area contributed by atoms with Gasteiger partial charge in [0.1, 0.15) is 0 Å². The molecule has 4 aromatic rings. The first-order valence-electron chi connectivity index (χ1n) is 7.76. The van der Waals surface area contributed by atoms with Crippen LogP contribution in [-0.4, -0.2) is 23.0 Å². The SMILES string of the molecule is NS(=O)(=O)c1ccc(CNc2nn3cc(-c4ccccc4)nc3s2)cc1. The molecule has 0 saturated heterocycles. The fraction of sp³-hybridized carbons (Fsp3) is 0.0588. The Hall–Kier alpha value is -2.75. The number of fused-ring (bicyclic) bond motifs is 1. The molecule has 0 aliphatic carbocycles. The standard InChI is InChI=1S/C17H15N5O2S2/c18-26(23,24)14-8-6-12(7-9-14)10-19-16-21-22-11-15(20-17(22)25-16)13-4-2-1-3-5-13/h1-9,11H,10H2,(H,19,21)(H2,18,23,24). The molecule has 0 fully saturated rings. The van der Waals surface area contributed by atoms with Gasteiger partial charge in [-0.15, -0.1) is 5.10 Å². The Bertz CT molecular complexity index is 1120. The third-order valence-corrected chi connectivity index (χ3v) is 5.62. The largest absolute Gasteiger partial charge is 0.356 e. The van der Waals surface area contributed by atoms with E-state index in [-0.39, 0.29) is 4.90 Å². The van der Waals surface area contributed by atoms with Gasteiger partial charge in [0.2, 0.25) is 20.1 Å². The van der Waals surface area contributed by atoms with Gasteiger partial charge in [-0.2, -0.15) is 0 Å². The van der Waals surface area contributed by atoms with Gasteiger partial charge >= 0.3 is 0 Å². The van der Waals surface area contributed by atoms with Crippen molar-refractivity contribution >= 4 is 31.5 Å². The number of hydrogen-bond donors (Lipinski definition) is 2. The fourth-order valence-electron chi connectivity index (χ4n) is 2.49. The zero-order valence-corrected chi connectivity index (χ0v) is 15.2. The van der Waals surface area contributed by atoms with Crippen molar-refractivity contribution in [3.8, 4) is 11.3 Å². The summed E-state index contributed by atoms with van der Waals surface area (Å²) in [5.41, 5.74) is 2.86. The maximum Gasteiger partial charge on any atom is 0.238 e. The van der Waals surface area contributed by atoms with Gasteiger partial charge in [0.05, 0.1) is 16.8 Å². The van der Waals surface area contributed by atoms with E-state index >= 15 is 0 Å². The number of primary sulfonamides is 1. The smallest absolute Gasteiger partial charge is 0.238 e. The molecule has 0 bridgehead atoms. The fourth-order valence-corrected chi connectivity index (χ4v) is 3.79. The van der Waals surface area contributed by atoms with Gasteiger partial charge < -0.3 is 5.32 Å². The van der Waals surface area contributed by atoms with Crippen LogP contribution in [0.25, 0.3) is 16.2 Å². The predicted octanol–water partition coefficient (Wildman–Crippen LogP) is 2.72. The maximum absolute atomic E-state index is 11.3. The first kappa shape index (κ1) is 16.7. The number of sulfonamides is 1. The van der Waals surface area contributed by atoms with Gasteiger partial charge in [0.15, 0.2) is 0 Å². The van der Waals surface area contributed by atoms with Crippen molar-refractivity contribution in [3.63, 3.8) is 0 Å². The minimum absolute atomic E-state index is 0.0995. The molecule has 9 heteroatoms. The molecule has 2 aromatic carbocycles. The molecule has 0 spiro atoms. The number of hydrogen-bond acceptors (Lipinski definition) is 6. The molecule has 0 aliphatic rings. The monoisotopic (exact) mass is 385 g/mol. The van der Waals surface area contributed by atoms with E-state index in [1.54, 1.807) is 16.6 Å². The molecule has 2 heterocycles. The highest BCUT2D eigenvalue weighted by molar-refractivity contribution is 7.89. The Labute approximate surface area is 154 Å². The average molecular weight is 385 g/mol. The third-order valence-electron chi connectivity index (χ3n) is 3.81. The van der Waals surface area contributed by atoms with E-state index in [4.69, 9.17) is 5.14 Å². The molecule has 26 heavy (non-hydrogen) atoms. The lowest BCUT2D eigenvalue weighted by Crippen LogP contribution is -2.12. The molecule has 7 nitrogen and oxygen atoms in total. The minimum Gasteiger partial charge on any atom is -0.356 e. The van der Waals surface area contributed by atoms with Crippen LogP contribution in [0.1, 0.15) is 5.56 Å². The van der Waals surface area contributed by atoms with Gasteiger partial charge in [0, 0.05) is 12.1 Å². The van der Waals surface area contributed by atoms with Crippen molar-refractivity contribution in [3.05, 3.63) is 66.4 Å². The Morgan fingerprint density at radius 1 is 1.08 bits per heavy atom. The Morgan fingerprint density at radius 3 is 2.46 bits per heavy atom. The predicted molar refractivity (Wildman–Crippen MR) is 101 cm³/mol. The van der Waals surface area contributed by atoms with E-state index in [0.717, 1.165) is 26.9 Å². The Balaban J connectivity index is 1.47. The van der Waals surface area contributed by atoms with Crippen LogP contribution in [0.4, 0.5) is 5.13 Å². The Morgan fingerprint density at radius 2 is 1.81 bits per heavy atom. The highest BCUT2D eigenvalue weighted by Crippen LogP contribution is 2.24. The van der Waals surface area contributed by atoms with Crippen LogP contribution >= 0.6 is 11.3 Å². The van der Waals surface area contributed by atoms with Gasteiger partial charge in [-0.1, -0.05) is 53.8 Å². The highest BCUT2D eigenvalue weighted by atomic mass is 32.2. The van der Waals surface area contributed by atoms with E-state index in [9.17, 15) is 8.42 Å². The first-order valence-corrected chi connectivity index (χ1v) is 10.1. The number of rotatable bonds is 5. The Kier molecular flexibility index (Phi) is 4.19. The van der Waals surface area contributed by atoms with Crippen molar-refractivity contribution in [2.24, 2.45) is 5.14 Å². The van der Waals surface area contributed by atoms with Crippen molar-refractivity contribution in [2.75, 3.05) is 5.32 Å². The molecule has 0 radical (unpaired) electrons. The lowest BCUT2D eigenvalue weighted by molar-refractivity contribution is 0.598. The van der Waals surface area contributed by atoms with Crippen LogP contribution < -0.4 is 10.5 Å². The quantitative estimate of drug-likeness (QED) is 0.550.